The zero-order chi connectivity index (χ0) is 22.2. The number of ether oxygens (including phenoxy) is 1. The molecule has 2 amide bonds. The van der Waals surface area contributed by atoms with Gasteiger partial charge in [0, 0.05) is 28.8 Å². The van der Waals surface area contributed by atoms with Crippen LogP contribution in [0.25, 0.3) is 10.9 Å². The molecule has 2 heterocycles. The van der Waals surface area contributed by atoms with Crippen molar-refractivity contribution in [3.8, 4) is 5.75 Å². The Hall–Kier alpha value is -3.80. The number of fused-ring (bicyclic) bond motifs is 3. The van der Waals surface area contributed by atoms with E-state index in [1.54, 1.807) is 19.2 Å². The molecule has 5 nitrogen and oxygen atoms in total. The molecule has 4 aromatic rings. The molecule has 1 atom stereocenters. The van der Waals surface area contributed by atoms with E-state index >= 15 is 0 Å². The van der Waals surface area contributed by atoms with Gasteiger partial charge in [-0.05, 0) is 72.5 Å². The Morgan fingerprint density at radius 3 is 2.69 bits per heavy atom. The highest BCUT2D eigenvalue weighted by Crippen LogP contribution is 2.39. The summed E-state index contributed by atoms with van der Waals surface area (Å²) >= 11 is 0. The maximum atomic E-state index is 13.7. The Balaban J connectivity index is 1.58. The molecule has 0 bridgehead atoms. The van der Waals surface area contributed by atoms with Crippen LogP contribution in [0.4, 0.5) is 14.9 Å². The Kier molecular flexibility index (Phi) is 5.05. The van der Waals surface area contributed by atoms with Gasteiger partial charge >= 0.3 is 6.03 Å². The van der Waals surface area contributed by atoms with Crippen LogP contribution in [0.1, 0.15) is 28.4 Å². The number of carbonyl (C=O) groups is 1. The molecule has 2 N–H and O–H groups in total. The van der Waals surface area contributed by atoms with Crippen molar-refractivity contribution >= 4 is 22.6 Å². The molecular formula is C26H24FN3O2. The van der Waals surface area contributed by atoms with E-state index in [0.29, 0.717) is 13.0 Å². The lowest BCUT2D eigenvalue weighted by atomic mass is 9.92. The standard InChI is InChI=1S/C26H24FN3O2/c1-16-4-3-5-19(14-16)28-26(31)30-13-12-21-22-15-20(32-2)10-11-23(22)29-24(21)25(30)17-6-8-18(27)9-7-17/h3-11,14-15,25,29H,12-13H2,1-2H3,(H,28,31)/t25-/m1/s1. The molecule has 0 unspecified atom stereocenters. The molecule has 1 aliphatic heterocycles. The van der Waals surface area contributed by atoms with Gasteiger partial charge in [-0.2, -0.15) is 0 Å². The number of urea groups is 1. The molecule has 162 valence electrons. The van der Waals surface area contributed by atoms with Gasteiger partial charge in [-0.25, -0.2) is 9.18 Å². The van der Waals surface area contributed by atoms with Crippen LogP contribution in [0.15, 0.2) is 66.7 Å². The summed E-state index contributed by atoms with van der Waals surface area (Å²) in [4.78, 5) is 18.7. The van der Waals surface area contributed by atoms with Crippen LogP contribution in [0, 0.1) is 12.7 Å². The highest BCUT2D eigenvalue weighted by atomic mass is 19.1. The number of anilines is 1. The first-order valence-electron chi connectivity index (χ1n) is 10.6. The van der Waals surface area contributed by atoms with Gasteiger partial charge < -0.3 is 19.9 Å². The highest BCUT2D eigenvalue weighted by molar-refractivity contribution is 5.92. The number of rotatable bonds is 3. The Morgan fingerprint density at radius 1 is 1.12 bits per heavy atom. The van der Waals surface area contributed by atoms with Crippen molar-refractivity contribution in [1.82, 2.24) is 9.88 Å². The maximum Gasteiger partial charge on any atom is 0.322 e. The lowest BCUT2D eigenvalue weighted by Crippen LogP contribution is -2.43. The van der Waals surface area contributed by atoms with Crippen molar-refractivity contribution in [3.63, 3.8) is 0 Å². The summed E-state index contributed by atoms with van der Waals surface area (Å²) in [5.41, 5.74) is 5.77. The summed E-state index contributed by atoms with van der Waals surface area (Å²) in [6.07, 6.45) is 0.710. The van der Waals surface area contributed by atoms with Gasteiger partial charge in [0.25, 0.3) is 0 Å². The van der Waals surface area contributed by atoms with Crippen LogP contribution >= 0.6 is 0 Å². The normalized spacial score (nSPS) is 15.5. The van der Waals surface area contributed by atoms with Crippen LogP contribution in [0.2, 0.25) is 0 Å². The first kappa shape index (κ1) is 20.1. The Bertz CT molecular complexity index is 1300. The number of hydrogen-bond donors (Lipinski definition) is 2. The second-order valence-corrected chi connectivity index (χ2v) is 8.13. The van der Waals surface area contributed by atoms with Gasteiger partial charge in [0.05, 0.1) is 13.2 Å². The van der Waals surface area contributed by atoms with Gasteiger partial charge in [0.15, 0.2) is 0 Å². The third kappa shape index (κ3) is 3.58. The first-order valence-corrected chi connectivity index (χ1v) is 10.6. The molecule has 0 saturated heterocycles. The van der Waals surface area contributed by atoms with Gasteiger partial charge in [-0.15, -0.1) is 0 Å². The van der Waals surface area contributed by atoms with Gasteiger partial charge in [0.2, 0.25) is 0 Å². The fraction of sp³-hybridized carbons (Fsp3) is 0.192. The van der Waals surface area contributed by atoms with E-state index in [2.05, 4.69) is 10.3 Å². The minimum atomic E-state index is -0.359. The fourth-order valence-corrected chi connectivity index (χ4v) is 4.52. The van der Waals surface area contributed by atoms with Crippen LogP contribution in [0.3, 0.4) is 0 Å². The molecule has 0 aliphatic carbocycles. The summed E-state index contributed by atoms with van der Waals surface area (Å²) in [5.74, 6) is 0.485. The van der Waals surface area contributed by atoms with Crippen LogP contribution in [0.5, 0.6) is 5.75 Å². The summed E-state index contributed by atoms with van der Waals surface area (Å²) in [5, 5.41) is 4.11. The van der Waals surface area contributed by atoms with Crippen LogP contribution < -0.4 is 10.1 Å². The van der Waals surface area contributed by atoms with Crippen molar-refractivity contribution in [2.24, 2.45) is 0 Å². The Labute approximate surface area is 185 Å². The smallest absolute Gasteiger partial charge is 0.322 e. The molecule has 0 fully saturated rings. The monoisotopic (exact) mass is 429 g/mol. The van der Waals surface area contributed by atoms with Crippen LogP contribution in [-0.2, 0) is 6.42 Å². The van der Waals surface area contributed by atoms with E-state index < -0.39 is 0 Å². The number of aromatic nitrogens is 1. The second-order valence-electron chi connectivity index (χ2n) is 8.13. The number of carbonyl (C=O) groups excluding carboxylic acids is 1. The summed E-state index contributed by atoms with van der Waals surface area (Å²) in [6.45, 7) is 2.53. The van der Waals surface area contributed by atoms with Crippen LogP contribution in [-0.4, -0.2) is 29.6 Å². The molecule has 32 heavy (non-hydrogen) atoms. The number of nitrogens with one attached hydrogen (secondary N) is 2. The number of aromatic amines is 1. The molecule has 0 saturated carbocycles. The van der Waals surface area contributed by atoms with Gasteiger partial charge in [-0.3, -0.25) is 0 Å². The lowest BCUT2D eigenvalue weighted by Gasteiger charge is -2.36. The number of amides is 2. The second kappa shape index (κ2) is 8.04. The third-order valence-electron chi connectivity index (χ3n) is 6.05. The molecule has 0 radical (unpaired) electrons. The SMILES string of the molecule is COc1ccc2[nH]c3c(c2c1)CCN(C(=O)Nc1cccc(C)c1)[C@@H]3c1ccc(F)cc1. The number of aryl methyl sites for hydroxylation is 1. The minimum Gasteiger partial charge on any atom is -0.497 e. The summed E-state index contributed by atoms with van der Waals surface area (Å²) < 4.78 is 19.1. The van der Waals surface area contributed by atoms with Crippen molar-refractivity contribution in [2.75, 3.05) is 19.0 Å². The largest absolute Gasteiger partial charge is 0.497 e. The third-order valence-corrected chi connectivity index (χ3v) is 6.05. The van der Waals surface area contributed by atoms with Crippen molar-refractivity contribution in [1.29, 1.82) is 0 Å². The summed E-state index contributed by atoms with van der Waals surface area (Å²) in [6, 6.07) is 19.5. The van der Waals surface area contributed by atoms with Crippen molar-refractivity contribution in [2.45, 2.75) is 19.4 Å². The topological polar surface area (TPSA) is 57.4 Å². The number of methoxy groups -OCH3 is 1. The number of hydrogen-bond acceptors (Lipinski definition) is 2. The predicted molar refractivity (Wildman–Crippen MR) is 124 cm³/mol. The number of benzene rings is 3. The first-order chi connectivity index (χ1) is 15.5. The van der Waals surface area contributed by atoms with E-state index in [4.69, 9.17) is 4.74 Å². The zero-order valence-electron chi connectivity index (χ0n) is 18.0. The van der Waals surface area contributed by atoms with Crippen molar-refractivity contribution in [3.05, 3.63) is 94.9 Å². The molecule has 0 spiro atoms. The summed E-state index contributed by atoms with van der Waals surface area (Å²) in [7, 11) is 1.65. The molecule has 1 aromatic heterocycles. The van der Waals surface area contributed by atoms with E-state index in [0.717, 1.165) is 44.7 Å². The van der Waals surface area contributed by atoms with Gasteiger partial charge in [0.1, 0.15) is 11.6 Å². The van der Waals surface area contributed by atoms with E-state index in [9.17, 15) is 9.18 Å². The van der Waals surface area contributed by atoms with E-state index in [-0.39, 0.29) is 17.9 Å². The van der Waals surface area contributed by atoms with E-state index in [1.807, 2.05) is 54.3 Å². The van der Waals surface area contributed by atoms with Gasteiger partial charge in [-0.1, -0.05) is 24.3 Å². The average Bonchev–Trinajstić information content (AvgIpc) is 3.17. The molecular weight excluding hydrogens is 405 g/mol. The number of halogens is 1. The molecule has 6 heteroatoms. The molecule has 5 rings (SSSR count). The predicted octanol–water partition coefficient (Wildman–Crippen LogP) is 5.80. The number of H-pyrrole nitrogens is 1. The average molecular weight is 429 g/mol. The quantitative estimate of drug-likeness (QED) is 0.432. The maximum absolute atomic E-state index is 13.7. The Morgan fingerprint density at radius 2 is 1.94 bits per heavy atom. The molecule has 1 aliphatic rings. The van der Waals surface area contributed by atoms with Crippen molar-refractivity contribution < 1.29 is 13.9 Å². The zero-order valence-corrected chi connectivity index (χ0v) is 18.0. The lowest BCUT2D eigenvalue weighted by molar-refractivity contribution is 0.193. The highest BCUT2D eigenvalue weighted by Gasteiger charge is 2.34. The fourth-order valence-electron chi connectivity index (χ4n) is 4.52. The number of nitrogens with zero attached hydrogens (tertiary/aromatic N) is 1. The molecule has 3 aromatic carbocycles. The minimum absolute atomic E-state index is 0.188. The van der Waals surface area contributed by atoms with E-state index in [1.165, 1.54) is 12.1 Å².